The van der Waals surface area contributed by atoms with Crippen molar-refractivity contribution in [3.8, 4) is 5.75 Å². The van der Waals surface area contributed by atoms with E-state index in [1.807, 2.05) is 31.2 Å². The molecule has 0 N–H and O–H groups in total. The Morgan fingerprint density at radius 1 is 1.35 bits per heavy atom. The van der Waals surface area contributed by atoms with E-state index in [9.17, 15) is 4.79 Å². The molecule has 0 radical (unpaired) electrons. The minimum absolute atomic E-state index is 0.135. The van der Waals surface area contributed by atoms with Crippen molar-refractivity contribution in [2.75, 3.05) is 26.9 Å². The summed E-state index contributed by atoms with van der Waals surface area (Å²) in [5.74, 6) is 0.906. The van der Waals surface area contributed by atoms with Crippen molar-refractivity contribution in [1.29, 1.82) is 0 Å². The van der Waals surface area contributed by atoms with Gasteiger partial charge in [0.1, 0.15) is 11.4 Å². The summed E-state index contributed by atoms with van der Waals surface area (Å²) in [7, 11) is 1.63. The molecule has 4 nitrogen and oxygen atoms in total. The predicted octanol–water partition coefficient (Wildman–Crippen LogP) is 2.39. The first-order chi connectivity index (χ1) is 9.70. The van der Waals surface area contributed by atoms with Crippen LogP contribution in [0.15, 0.2) is 24.3 Å². The van der Waals surface area contributed by atoms with Crippen LogP contribution in [0, 0.1) is 0 Å². The summed E-state index contributed by atoms with van der Waals surface area (Å²) in [6, 6.07) is 7.62. The van der Waals surface area contributed by atoms with Crippen molar-refractivity contribution in [2.45, 2.75) is 31.8 Å². The lowest BCUT2D eigenvalue weighted by atomic mass is 9.86. The fraction of sp³-hybridized carbons (Fsp3) is 0.562. The second-order valence-corrected chi connectivity index (χ2v) is 4.99. The molecule has 110 valence electrons. The minimum Gasteiger partial charge on any atom is -0.497 e. The van der Waals surface area contributed by atoms with Gasteiger partial charge in [-0.1, -0.05) is 12.1 Å². The van der Waals surface area contributed by atoms with E-state index in [4.69, 9.17) is 14.2 Å². The van der Waals surface area contributed by atoms with Crippen LogP contribution < -0.4 is 4.74 Å². The lowest BCUT2D eigenvalue weighted by molar-refractivity contribution is -0.156. The highest BCUT2D eigenvalue weighted by Crippen LogP contribution is 2.28. The highest BCUT2D eigenvalue weighted by Gasteiger charge is 2.40. The standard InChI is InChI=1S/C16H22O4/c1-3-20-16(7-9-19-10-8-16)15(17)12-13-5-4-6-14(11-13)18-2/h4-6,11H,3,7-10,12H2,1-2H3. The molecule has 1 heterocycles. The molecule has 2 rings (SSSR count). The zero-order valence-electron chi connectivity index (χ0n) is 12.2. The molecule has 1 fully saturated rings. The van der Waals surface area contributed by atoms with Crippen LogP contribution >= 0.6 is 0 Å². The van der Waals surface area contributed by atoms with Gasteiger partial charge in [-0.05, 0) is 24.6 Å². The van der Waals surface area contributed by atoms with Gasteiger partial charge in [0.25, 0.3) is 0 Å². The molecule has 0 amide bonds. The Kier molecular flexibility index (Phi) is 5.15. The Morgan fingerprint density at radius 3 is 2.75 bits per heavy atom. The number of methoxy groups -OCH3 is 1. The third kappa shape index (κ3) is 3.38. The number of hydrogen-bond donors (Lipinski definition) is 0. The smallest absolute Gasteiger partial charge is 0.169 e. The maximum atomic E-state index is 12.7. The van der Waals surface area contributed by atoms with Crippen LogP contribution in [0.3, 0.4) is 0 Å². The molecule has 1 saturated heterocycles. The molecule has 4 heteroatoms. The lowest BCUT2D eigenvalue weighted by Gasteiger charge is -2.35. The number of rotatable bonds is 6. The molecule has 1 aliphatic heterocycles. The van der Waals surface area contributed by atoms with E-state index in [2.05, 4.69) is 0 Å². The lowest BCUT2D eigenvalue weighted by Crippen LogP contribution is -2.47. The topological polar surface area (TPSA) is 44.8 Å². The average molecular weight is 278 g/mol. The third-order valence-electron chi connectivity index (χ3n) is 3.73. The van der Waals surface area contributed by atoms with Crippen LogP contribution in [0.4, 0.5) is 0 Å². The number of benzene rings is 1. The molecule has 0 spiro atoms. The van der Waals surface area contributed by atoms with Crippen LogP contribution in [0.5, 0.6) is 5.75 Å². The number of carbonyl (C=O) groups is 1. The molecular formula is C16H22O4. The van der Waals surface area contributed by atoms with E-state index in [1.165, 1.54) is 0 Å². The number of carbonyl (C=O) groups excluding carboxylic acids is 1. The molecule has 1 aromatic rings. The molecule has 20 heavy (non-hydrogen) atoms. The molecule has 0 unspecified atom stereocenters. The van der Waals surface area contributed by atoms with Gasteiger partial charge in [0.15, 0.2) is 5.78 Å². The molecule has 0 aliphatic carbocycles. The van der Waals surface area contributed by atoms with Crippen molar-refractivity contribution >= 4 is 5.78 Å². The summed E-state index contributed by atoms with van der Waals surface area (Å²) < 4.78 is 16.3. The first kappa shape index (κ1) is 15.0. The minimum atomic E-state index is -0.671. The number of ketones is 1. The highest BCUT2D eigenvalue weighted by molar-refractivity contribution is 5.89. The first-order valence-electron chi connectivity index (χ1n) is 7.08. The number of Topliss-reactive ketones (excluding diaryl/α,β-unsaturated/α-hetero) is 1. The largest absolute Gasteiger partial charge is 0.497 e. The van der Waals surface area contributed by atoms with E-state index in [0.29, 0.717) is 39.1 Å². The van der Waals surface area contributed by atoms with Crippen LogP contribution in [-0.4, -0.2) is 38.3 Å². The van der Waals surface area contributed by atoms with E-state index < -0.39 is 5.60 Å². The molecule has 0 bridgehead atoms. The Labute approximate surface area is 120 Å². The van der Waals surface area contributed by atoms with Crippen molar-refractivity contribution in [3.05, 3.63) is 29.8 Å². The summed E-state index contributed by atoms with van der Waals surface area (Å²) in [5, 5.41) is 0. The van der Waals surface area contributed by atoms with Gasteiger partial charge in [0.2, 0.25) is 0 Å². The van der Waals surface area contributed by atoms with Crippen LogP contribution in [-0.2, 0) is 20.7 Å². The van der Waals surface area contributed by atoms with Crippen molar-refractivity contribution in [3.63, 3.8) is 0 Å². The van der Waals surface area contributed by atoms with Gasteiger partial charge in [0.05, 0.1) is 7.11 Å². The van der Waals surface area contributed by atoms with Gasteiger partial charge in [-0.3, -0.25) is 4.79 Å². The second kappa shape index (κ2) is 6.86. The van der Waals surface area contributed by atoms with E-state index >= 15 is 0 Å². The highest BCUT2D eigenvalue weighted by atomic mass is 16.5. The Balaban J connectivity index is 2.11. The fourth-order valence-electron chi connectivity index (χ4n) is 2.61. The number of hydrogen-bond acceptors (Lipinski definition) is 4. The zero-order valence-corrected chi connectivity index (χ0v) is 12.2. The second-order valence-electron chi connectivity index (χ2n) is 4.99. The van der Waals surface area contributed by atoms with E-state index in [0.717, 1.165) is 11.3 Å². The maximum Gasteiger partial charge on any atom is 0.169 e. The monoisotopic (exact) mass is 278 g/mol. The molecular weight excluding hydrogens is 256 g/mol. The summed E-state index contributed by atoms with van der Waals surface area (Å²) in [5.41, 5.74) is 0.288. The van der Waals surface area contributed by atoms with E-state index in [1.54, 1.807) is 7.11 Å². The van der Waals surface area contributed by atoms with Crippen LogP contribution in [0.2, 0.25) is 0 Å². The van der Waals surface area contributed by atoms with Crippen molar-refractivity contribution in [1.82, 2.24) is 0 Å². The van der Waals surface area contributed by atoms with Crippen molar-refractivity contribution < 1.29 is 19.0 Å². The van der Waals surface area contributed by atoms with Crippen LogP contribution in [0.1, 0.15) is 25.3 Å². The van der Waals surface area contributed by atoms with Gasteiger partial charge in [-0.25, -0.2) is 0 Å². The quantitative estimate of drug-likeness (QED) is 0.801. The van der Waals surface area contributed by atoms with E-state index in [-0.39, 0.29) is 5.78 Å². The average Bonchev–Trinajstić information content (AvgIpc) is 2.48. The molecule has 0 atom stereocenters. The zero-order chi connectivity index (χ0) is 14.4. The SMILES string of the molecule is CCOC1(C(=O)Cc2cccc(OC)c2)CCOCC1. The molecule has 1 aliphatic rings. The van der Waals surface area contributed by atoms with Gasteiger partial charge >= 0.3 is 0 Å². The Hall–Kier alpha value is -1.39. The Bertz CT molecular complexity index is 444. The third-order valence-corrected chi connectivity index (χ3v) is 3.73. The number of ether oxygens (including phenoxy) is 3. The maximum absolute atomic E-state index is 12.7. The van der Waals surface area contributed by atoms with Crippen LogP contribution in [0.25, 0.3) is 0 Å². The Morgan fingerprint density at radius 2 is 2.10 bits per heavy atom. The summed E-state index contributed by atoms with van der Waals surface area (Å²) in [6.07, 6.45) is 1.66. The summed E-state index contributed by atoms with van der Waals surface area (Å²) in [4.78, 5) is 12.7. The van der Waals surface area contributed by atoms with Gasteiger partial charge in [0, 0.05) is 39.1 Å². The summed E-state index contributed by atoms with van der Waals surface area (Å²) >= 11 is 0. The predicted molar refractivity (Wildman–Crippen MR) is 76.1 cm³/mol. The molecule has 0 aromatic heterocycles. The normalized spacial score (nSPS) is 17.7. The van der Waals surface area contributed by atoms with Crippen molar-refractivity contribution in [2.24, 2.45) is 0 Å². The summed E-state index contributed by atoms with van der Waals surface area (Å²) in [6.45, 7) is 3.65. The van der Waals surface area contributed by atoms with Gasteiger partial charge in [-0.15, -0.1) is 0 Å². The van der Waals surface area contributed by atoms with Gasteiger partial charge in [-0.2, -0.15) is 0 Å². The van der Waals surface area contributed by atoms with Gasteiger partial charge < -0.3 is 14.2 Å². The fourth-order valence-corrected chi connectivity index (χ4v) is 2.61. The molecule has 1 aromatic carbocycles. The first-order valence-corrected chi connectivity index (χ1v) is 7.08. The molecule has 0 saturated carbocycles.